The van der Waals surface area contributed by atoms with Crippen molar-refractivity contribution in [2.45, 2.75) is 19.8 Å². The number of oxazole rings is 1. The third-order valence-corrected chi connectivity index (χ3v) is 4.07. The van der Waals surface area contributed by atoms with E-state index in [-0.39, 0.29) is 22.9 Å². The average Bonchev–Trinajstić information content (AvgIpc) is 3.26. The number of benzene rings is 1. The SMILES string of the molecule is CC(C)c1nnc2ccc(-c3ocnc3-c3ccc(F)c(F)c3F)cn12. The Balaban J connectivity index is 1.89. The monoisotopic (exact) mass is 358 g/mol. The Hall–Kier alpha value is -3.16. The Morgan fingerprint density at radius 2 is 1.81 bits per heavy atom. The lowest BCUT2D eigenvalue weighted by Gasteiger charge is -2.07. The molecule has 0 N–H and O–H groups in total. The maximum atomic E-state index is 14.2. The quantitative estimate of drug-likeness (QED) is 0.503. The molecule has 0 aliphatic carbocycles. The average molecular weight is 358 g/mol. The molecule has 26 heavy (non-hydrogen) atoms. The van der Waals surface area contributed by atoms with Gasteiger partial charge in [0.25, 0.3) is 0 Å². The number of aromatic nitrogens is 4. The third-order valence-electron chi connectivity index (χ3n) is 4.07. The molecule has 0 unspecified atom stereocenters. The molecule has 5 nitrogen and oxygen atoms in total. The lowest BCUT2D eigenvalue weighted by atomic mass is 10.1. The Kier molecular flexibility index (Phi) is 3.75. The fourth-order valence-corrected chi connectivity index (χ4v) is 2.79. The van der Waals surface area contributed by atoms with Gasteiger partial charge in [-0.25, -0.2) is 18.2 Å². The normalized spacial score (nSPS) is 11.6. The Morgan fingerprint density at radius 1 is 1.00 bits per heavy atom. The van der Waals surface area contributed by atoms with Crippen LogP contribution in [-0.2, 0) is 0 Å². The summed E-state index contributed by atoms with van der Waals surface area (Å²) in [6.07, 6.45) is 2.87. The van der Waals surface area contributed by atoms with E-state index in [1.165, 1.54) is 0 Å². The van der Waals surface area contributed by atoms with Crippen molar-refractivity contribution in [3.05, 3.63) is 60.1 Å². The summed E-state index contributed by atoms with van der Waals surface area (Å²) in [4.78, 5) is 3.98. The van der Waals surface area contributed by atoms with Crippen LogP contribution in [0.1, 0.15) is 25.6 Å². The van der Waals surface area contributed by atoms with Crippen LogP contribution in [-0.4, -0.2) is 19.6 Å². The molecule has 0 amide bonds. The highest BCUT2D eigenvalue weighted by atomic mass is 19.2. The zero-order valence-electron chi connectivity index (χ0n) is 13.9. The summed E-state index contributed by atoms with van der Waals surface area (Å²) in [5.74, 6) is -3.00. The Bertz CT molecular complexity index is 1120. The van der Waals surface area contributed by atoms with Gasteiger partial charge >= 0.3 is 0 Å². The minimum atomic E-state index is -1.55. The molecule has 0 bridgehead atoms. The van der Waals surface area contributed by atoms with Gasteiger partial charge in [0.2, 0.25) is 0 Å². The van der Waals surface area contributed by atoms with Crippen LogP contribution in [0.2, 0.25) is 0 Å². The molecule has 0 spiro atoms. The summed E-state index contributed by atoms with van der Waals surface area (Å²) in [6, 6.07) is 5.44. The molecule has 3 heterocycles. The van der Waals surface area contributed by atoms with Crippen molar-refractivity contribution in [3.8, 4) is 22.6 Å². The van der Waals surface area contributed by atoms with Crippen molar-refractivity contribution in [2.24, 2.45) is 0 Å². The fourth-order valence-electron chi connectivity index (χ4n) is 2.79. The number of fused-ring (bicyclic) bond motifs is 1. The molecule has 0 atom stereocenters. The maximum absolute atomic E-state index is 14.2. The van der Waals surface area contributed by atoms with Crippen molar-refractivity contribution in [2.75, 3.05) is 0 Å². The second kappa shape index (κ2) is 5.98. The van der Waals surface area contributed by atoms with Crippen LogP contribution in [0, 0.1) is 17.5 Å². The second-order valence-corrected chi connectivity index (χ2v) is 6.11. The number of nitrogens with zero attached hydrogens (tertiary/aromatic N) is 4. The van der Waals surface area contributed by atoms with Crippen LogP contribution in [0.3, 0.4) is 0 Å². The molecule has 4 rings (SSSR count). The molecule has 0 fully saturated rings. The molecule has 0 saturated carbocycles. The lowest BCUT2D eigenvalue weighted by molar-refractivity contribution is 0.449. The van der Waals surface area contributed by atoms with Gasteiger partial charge in [0.05, 0.1) is 0 Å². The number of rotatable bonds is 3. The summed E-state index contributed by atoms with van der Waals surface area (Å²) in [7, 11) is 0. The summed E-state index contributed by atoms with van der Waals surface area (Å²) in [5, 5.41) is 8.24. The first-order chi connectivity index (χ1) is 12.5. The number of hydrogen-bond donors (Lipinski definition) is 0. The molecule has 0 aliphatic heterocycles. The molecule has 3 aromatic heterocycles. The summed E-state index contributed by atoms with van der Waals surface area (Å²) in [6.45, 7) is 3.97. The molecule has 1 aromatic carbocycles. The summed E-state index contributed by atoms with van der Waals surface area (Å²) < 4.78 is 48.2. The molecular formula is C18H13F3N4O. The smallest absolute Gasteiger partial charge is 0.195 e. The van der Waals surface area contributed by atoms with Gasteiger partial charge in [0, 0.05) is 23.2 Å². The van der Waals surface area contributed by atoms with Gasteiger partial charge in [-0.3, -0.25) is 4.40 Å². The first-order valence-electron chi connectivity index (χ1n) is 7.89. The second-order valence-electron chi connectivity index (χ2n) is 6.11. The van der Waals surface area contributed by atoms with Gasteiger partial charge in [0.1, 0.15) is 11.5 Å². The van der Waals surface area contributed by atoms with Gasteiger partial charge in [-0.15, -0.1) is 10.2 Å². The van der Waals surface area contributed by atoms with Crippen molar-refractivity contribution >= 4 is 5.65 Å². The van der Waals surface area contributed by atoms with Gasteiger partial charge in [-0.2, -0.15) is 0 Å². The number of halogens is 3. The molecule has 0 saturated heterocycles. The standard InChI is InChI=1S/C18H13F3N4O/c1-9(2)18-24-23-13-6-3-10(7-25(13)18)17-16(22-8-26-17)11-4-5-12(19)15(21)14(11)20/h3-9H,1-2H3. The minimum Gasteiger partial charge on any atom is -0.443 e. The molecule has 132 valence electrons. The third kappa shape index (κ3) is 2.45. The first-order valence-corrected chi connectivity index (χ1v) is 7.89. The summed E-state index contributed by atoms with van der Waals surface area (Å²) in [5.41, 5.74) is 1.13. The zero-order valence-corrected chi connectivity index (χ0v) is 13.9. The van der Waals surface area contributed by atoms with E-state index in [0.29, 0.717) is 11.2 Å². The van der Waals surface area contributed by atoms with Crippen LogP contribution in [0.25, 0.3) is 28.2 Å². The summed E-state index contributed by atoms with van der Waals surface area (Å²) >= 11 is 0. The van der Waals surface area contributed by atoms with Crippen LogP contribution < -0.4 is 0 Å². The van der Waals surface area contributed by atoms with Crippen LogP contribution in [0.15, 0.2) is 41.3 Å². The van der Waals surface area contributed by atoms with E-state index >= 15 is 0 Å². The Morgan fingerprint density at radius 3 is 2.58 bits per heavy atom. The van der Waals surface area contributed by atoms with Crippen LogP contribution >= 0.6 is 0 Å². The van der Waals surface area contributed by atoms with E-state index in [2.05, 4.69) is 15.2 Å². The number of pyridine rings is 1. The zero-order chi connectivity index (χ0) is 18.4. The van der Waals surface area contributed by atoms with E-state index in [1.807, 2.05) is 13.8 Å². The van der Waals surface area contributed by atoms with Gasteiger partial charge in [0.15, 0.2) is 35.3 Å². The largest absolute Gasteiger partial charge is 0.443 e. The van der Waals surface area contributed by atoms with E-state index in [4.69, 9.17) is 4.42 Å². The van der Waals surface area contributed by atoms with Gasteiger partial charge < -0.3 is 4.42 Å². The van der Waals surface area contributed by atoms with Crippen LogP contribution in [0.4, 0.5) is 13.2 Å². The molecule has 0 aliphatic rings. The molecule has 8 heteroatoms. The minimum absolute atomic E-state index is 0.0833. The van der Waals surface area contributed by atoms with E-state index in [9.17, 15) is 13.2 Å². The van der Waals surface area contributed by atoms with Crippen molar-refractivity contribution in [3.63, 3.8) is 0 Å². The van der Waals surface area contributed by atoms with Crippen molar-refractivity contribution in [1.82, 2.24) is 19.6 Å². The van der Waals surface area contributed by atoms with Crippen molar-refractivity contribution < 1.29 is 17.6 Å². The van der Waals surface area contributed by atoms with E-state index in [0.717, 1.165) is 24.4 Å². The highest BCUT2D eigenvalue weighted by Crippen LogP contribution is 2.34. The molecular weight excluding hydrogens is 345 g/mol. The maximum Gasteiger partial charge on any atom is 0.195 e. The van der Waals surface area contributed by atoms with E-state index < -0.39 is 17.5 Å². The predicted molar refractivity (Wildman–Crippen MR) is 87.9 cm³/mol. The van der Waals surface area contributed by atoms with Crippen molar-refractivity contribution in [1.29, 1.82) is 0 Å². The fraction of sp³-hybridized carbons (Fsp3) is 0.167. The Labute approximate surface area is 146 Å². The van der Waals surface area contributed by atoms with Gasteiger partial charge in [-0.1, -0.05) is 13.8 Å². The van der Waals surface area contributed by atoms with E-state index in [1.54, 1.807) is 22.7 Å². The number of hydrogen-bond acceptors (Lipinski definition) is 4. The molecule has 4 aromatic rings. The lowest BCUT2D eigenvalue weighted by Crippen LogP contribution is -1.98. The highest BCUT2D eigenvalue weighted by Gasteiger charge is 2.21. The highest BCUT2D eigenvalue weighted by molar-refractivity contribution is 5.77. The van der Waals surface area contributed by atoms with Gasteiger partial charge in [-0.05, 0) is 24.3 Å². The molecule has 0 radical (unpaired) electrons. The predicted octanol–water partition coefficient (Wildman–Crippen LogP) is 4.59. The first kappa shape index (κ1) is 16.3. The topological polar surface area (TPSA) is 56.2 Å². The van der Waals surface area contributed by atoms with Crippen LogP contribution in [0.5, 0.6) is 0 Å².